The maximum Gasteiger partial charge on any atom is 0.285 e. The van der Waals surface area contributed by atoms with Crippen LogP contribution in [0.25, 0.3) is 11.3 Å². The maximum absolute atomic E-state index is 12.8. The number of nitrogens with zero attached hydrogens (tertiary/aromatic N) is 3. The Labute approximate surface area is 194 Å². The maximum atomic E-state index is 12.8. The first-order valence-corrected chi connectivity index (χ1v) is 12.8. The number of carbonyl (C=O) groups excluding carboxylic acids is 1. The van der Waals surface area contributed by atoms with Gasteiger partial charge >= 0.3 is 0 Å². The molecule has 2 aromatic carbocycles. The molecule has 1 aromatic heterocycles. The summed E-state index contributed by atoms with van der Waals surface area (Å²) in [6, 6.07) is 14.3. The zero-order valence-electron chi connectivity index (χ0n) is 16.9. The molecule has 1 fully saturated rings. The van der Waals surface area contributed by atoms with E-state index < -0.39 is 10.0 Å². The Bertz CT molecular complexity index is 1330. The number of anilines is 1. The minimum atomic E-state index is -3.65. The number of amides is 1. The van der Waals surface area contributed by atoms with Crippen molar-refractivity contribution in [1.29, 1.82) is 0 Å². The molecule has 164 valence electrons. The minimum Gasteiger partial charge on any atom is -0.355 e. The Morgan fingerprint density at radius 2 is 1.75 bits per heavy atom. The summed E-state index contributed by atoms with van der Waals surface area (Å²) in [6.45, 7) is 1.12. The second kappa shape index (κ2) is 8.31. The van der Waals surface area contributed by atoms with Gasteiger partial charge in [-0.15, -0.1) is 15.7 Å². The van der Waals surface area contributed by atoms with Crippen molar-refractivity contribution in [3.63, 3.8) is 0 Å². The second-order valence-electron chi connectivity index (χ2n) is 7.65. The summed E-state index contributed by atoms with van der Waals surface area (Å²) in [5.41, 5.74) is 2.18. The summed E-state index contributed by atoms with van der Waals surface area (Å²) >= 11 is 7.60. The highest BCUT2D eigenvalue weighted by Crippen LogP contribution is 2.32. The number of fused-ring (bicyclic) bond motifs is 1. The molecule has 2 aliphatic rings. The largest absolute Gasteiger partial charge is 0.355 e. The summed E-state index contributed by atoms with van der Waals surface area (Å²) in [5, 5.41) is 5.93. The molecule has 32 heavy (non-hydrogen) atoms. The van der Waals surface area contributed by atoms with Gasteiger partial charge in [-0.1, -0.05) is 41.9 Å². The SMILES string of the molecule is O=C(Nc1nc(-c2ccccc2Cl)cs1)C1CCN(C2=NS(=O)(=O)c3ccccc32)CC1. The molecule has 0 saturated carbocycles. The number of carbonyl (C=O) groups is 1. The van der Waals surface area contributed by atoms with E-state index in [-0.39, 0.29) is 16.7 Å². The highest BCUT2D eigenvalue weighted by atomic mass is 35.5. The average Bonchev–Trinajstić information content (AvgIpc) is 3.36. The lowest BCUT2D eigenvalue weighted by Gasteiger charge is -2.32. The predicted octanol–water partition coefficient (Wildman–Crippen LogP) is 4.26. The molecule has 10 heteroatoms. The fourth-order valence-corrected chi connectivity index (χ4v) is 6.17. The predicted molar refractivity (Wildman–Crippen MR) is 126 cm³/mol. The van der Waals surface area contributed by atoms with Gasteiger partial charge in [0.25, 0.3) is 10.0 Å². The number of hydrogen-bond donors (Lipinski definition) is 1. The van der Waals surface area contributed by atoms with Crippen LogP contribution in [0.2, 0.25) is 5.02 Å². The lowest BCUT2D eigenvalue weighted by atomic mass is 9.95. The molecule has 3 heterocycles. The van der Waals surface area contributed by atoms with E-state index in [1.54, 1.807) is 30.3 Å². The molecular formula is C22H19ClN4O3S2. The Morgan fingerprint density at radius 1 is 1.06 bits per heavy atom. The number of halogens is 1. The minimum absolute atomic E-state index is 0.0777. The van der Waals surface area contributed by atoms with Crippen LogP contribution in [0.5, 0.6) is 0 Å². The van der Waals surface area contributed by atoms with E-state index in [1.807, 2.05) is 28.5 Å². The van der Waals surface area contributed by atoms with Crippen molar-refractivity contribution < 1.29 is 13.2 Å². The summed E-state index contributed by atoms with van der Waals surface area (Å²) in [6.07, 6.45) is 1.21. The molecule has 0 radical (unpaired) electrons. The summed E-state index contributed by atoms with van der Waals surface area (Å²) in [4.78, 5) is 19.5. The van der Waals surface area contributed by atoms with E-state index in [0.29, 0.717) is 47.5 Å². The molecule has 0 bridgehead atoms. The molecule has 0 spiro atoms. The van der Waals surface area contributed by atoms with Crippen molar-refractivity contribution in [2.45, 2.75) is 17.7 Å². The third kappa shape index (κ3) is 3.92. The normalized spacial score (nSPS) is 17.7. The van der Waals surface area contributed by atoms with Crippen LogP contribution >= 0.6 is 22.9 Å². The van der Waals surface area contributed by atoms with Crippen molar-refractivity contribution in [1.82, 2.24) is 9.88 Å². The molecule has 2 aliphatic heterocycles. The highest BCUT2D eigenvalue weighted by molar-refractivity contribution is 7.90. The molecule has 7 nitrogen and oxygen atoms in total. The Kier molecular flexibility index (Phi) is 5.48. The second-order valence-corrected chi connectivity index (χ2v) is 10.5. The van der Waals surface area contributed by atoms with Gasteiger partial charge in [0.1, 0.15) is 4.90 Å². The fraction of sp³-hybridized carbons (Fsp3) is 0.227. The van der Waals surface area contributed by atoms with Gasteiger partial charge in [0.15, 0.2) is 11.0 Å². The smallest absolute Gasteiger partial charge is 0.285 e. The lowest BCUT2D eigenvalue weighted by Crippen LogP contribution is -2.41. The molecule has 5 rings (SSSR count). The number of piperidine rings is 1. The number of hydrogen-bond acceptors (Lipinski definition) is 6. The van der Waals surface area contributed by atoms with Crippen molar-refractivity contribution in [2.75, 3.05) is 18.4 Å². The van der Waals surface area contributed by atoms with Gasteiger partial charge < -0.3 is 10.2 Å². The number of benzene rings is 2. The molecule has 0 atom stereocenters. The Hall–Kier alpha value is -2.75. The van der Waals surface area contributed by atoms with Gasteiger partial charge in [-0.2, -0.15) is 8.42 Å². The van der Waals surface area contributed by atoms with Gasteiger partial charge in [0, 0.05) is 40.5 Å². The highest BCUT2D eigenvalue weighted by Gasteiger charge is 2.34. The van der Waals surface area contributed by atoms with Crippen LogP contribution in [0.3, 0.4) is 0 Å². The van der Waals surface area contributed by atoms with E-state index in [9.17, 15) is 13.2 Å². The number of amidine groups is 1. The van der Waals surface area contributed by atoms with Gasteiger partial charge in [-0.25, -0.2) is 4.98 Å². The number of sulfonamides is 1. The zero-order chi connectivity index (χ0) is 22.3. The molecule has 0 aliphatic carbocycles. The van der Waals surface area contributed by atoms with Crippen LogP contribution < -0.4 is 5.32 Å². The van der Waals surface area contributed by atoms with Crippen LogP contribution in [0.4, 0.5) is 5.13 Å². The first-order valence-electron chi connectivity index (χ1n) is 10.1. The topological polar surface area (TPSA) is 91.7 Å². The quantitative estimate of drug-likeness (QED) is 0.597. The summed E-state index contributed by atoms with van der Waals surface area (Å²) in [7, 11) is -3.65. The van der Waals surface area contributed by atoms with Crippen LogP contribution in [0, 0.1) is 5.92 Å². The van der Waals surface area contributed by atoms with Crippen LogP contribution in [-0.2, 0) is 14.8 Å². The van der Waals surface area contributed by atoms with Crippen LogP contribution in [0.15, 0.2) is 63.2 Å². The molecule has 0 unspecified atom stereocenters. The van der Waals surface area contributed by atoms with Gasteiger partial charge in [-0.05, 0) is 31.0 Å². The summed E-state index contributed by atoms with van der Waals surface area (Å²) in [5.74, 6) is 0.225. The van der Waals surface area contributed by atoms with E-state index in [2.05, 4.69) is 14.7 Å². The molecule has 1 amide bonds. The monoisotopic (exact) mass is 486 g/mol. The third-order valence-corrected chi connectivity index (χ3v) is 8.07. The number of thiazole rings is 1. The van der Waals surface area contributed by atoms with Crippen molar-refractivity contribution in [2.24, 2.45) is 10.3 Å². The molecule has 1 saturated heterocycles. The number of aromatic nitrogens is 1. The summed E-state index contributed by atoms with van der Waals surface area (Å²) < 4.78 is 28.6. The third-order valence-electron chi connectivity index (χ3n) is 5.66. The molecular weight excluding hydrogens is 468 g/mol. The fourth-order valence-electron chi connectivity index (χ4n) is 4.00. The van der Waals surface area contributed by atoms with Crippen LogP contribution in [-0.4, -0.2) is 43.1 Å². The van der Waals surface area contributed by atoms with Gasteiger partial charge in [0.2, 0.25) is 5.91 Å². The van der Waals surface area contributed by atoms with Crippen molar-refractivity contribution in [3.8, 4) is 11.3 Å². The van der Waals surface area contributed by atoms with E-state index in [1.165, 1.54) is 11.3 Å². The first-order chi connectivity index (χ1) is 15.4. The van der Waals surface area contributed by atoms with E-state index >= 15 is 0 Å². The van der Waals surface area contributed by atoms with E-state index in [4.69, 9.17) is 11.6 Å². The number of nitrogens with one attached hydrogen (secondary N) is 1. The molecule has 3 aromatic rings. The first kappa shape index (κ1) is 21.1. The van der Waals surface area contributed by atoms with Crippen LogP contribution in [0.1, 0.15) is 18.4 Å². The van der Waals surface area contributed by atoms with Crippen molar-refractivity contribution in [3.05, 3.63) is 64.5 Å². The Balaban J connectivity index is 1.23. The van der Waals surface area contributed by atoms with Gasteiger partial charge in [-0.3, -0.25) is 4.79 Å². The van der Waals surface area contributed by atoms with Gasteiger partial charge in [0.05, 0.1) is 5.69 Å². The zero-order valence-corrected chi connectivity index (χ0v) is 19.3. The Morgan fingerprint density at radius 3 is 2.50 bits per heavy atom. The average molecular weight is 487 g/mol. The van der Waals surface area contributed by atoms with Crippen molar-refractivity contribution >= 4 is 49.8 Å². The molecule has 1 N–H and O–H groups in total. The number of likely N-dealkylation sites (tertiary alicyclic amines) is 1. The number of rotatable bonds is 3. The van der Waals surface area contributed by atoms with E-state index in [0.717, 1.165) is 11.3 Å². The lowest BCUT2D eigenvalue weighted by molar-refractivity contribution is -0.120. The standard InChI is InChI=1S/C22H19ClN4O3S2/c23-17-7-3-1-5-15(17)18-13-31-22(24-18)25-21(28)14-9-11-27(12-10-14)20-16-6-2-4-8-19(16)32(29,30)26-20/h1-8,13-14H,9-12H2,(H,24,25,28).